The molecule has 0 aliphatic carbocycles. The molecule has 3 heterocycles. The molecule has 1 saturated heterocycles. The van der Waals surface area contributed by atoms with Gasteiger partial charge < -0.3 is 9.88 Å². The smallest absolute Gasteiger partial charge is 0.230 e. The van der Waals surface area contributed by atoms with Crippen LogP contribution in [0, 0.1) is 5.92 Å². The van der Waals surface area contributed by atoms with Gasteiger partial charge in [-0.05, 0) is 30.2 Å². The Morgan fingerprint density at radius 3 is 2.59 bits per heavy atom. The highest BCUT2D eigenvalue weighted by Gasteiger charge is 2.40. The van der Waals surface area contributed by atoms with Gasteiger partial charge in [0.2, 0.25) is 11.8 Å². The number of carbonyl (C=O) groups excluding carboxylic acids is 2. The normalized spacial score (nSPS) is 23.8. The molecular weight excluding hydrogens is 278 g/mol. The second kappa shape index (κ2) is 5.02. The molecule has 2 aliphatic rings. The third-order valence-electron chi connectivity index (χ3n) is 4.59. The third-order valence-corrected chi connectivity index (χ3v) is 4.59. The van der Waals surface area contributed by atoms with Gasteiger partial charge >= 0.3 is 0 Å². The van der Waals surface area contributed by atoms with Gasteiger partial charge in [-0.3, -0.25) is 14.9 Å². The lowest BCUT2D eigenvalue weighted by Gasteiger charge is -2.28. The second-order valence-corrected chi connectivity index (χ2v) is 5.87. The number of aromatic nitrogens is 1. The van der Waals surface area contributed by atoms with Gasteiger partial charge in [0.15, 0.2) is 0 Å². The predicted octanol–water partition coefficient (Wildman–Crippen LogP) is 2.04. The highest BCUT2D eigenvalue weighted by Crippen LogP contribution is 2.41. The van der Waals surface area contributed by atoms with Crippen molar-refractivity contribution in [3.05, 3.63) is 48.2 Å². The maximum atomic E-state index is 12.0. The molecule has 2 aliphatic heterocycles. The summed E-state index contributed by atoms with van der Waals surface area (Å²) in [4.78, 5) is 23.5. The maximum absolute atomic E-state index is 12.0. The summed E-state index contributed by atoms with van der Waals surface area (Å²) in [6.45, 7) is 0.812. The number of imide groups is 1. The molecule has 112 valence electrons. The van der Waals surface area contributed by atoms with E-state index in [4.69, 9.17) is 0 Å². The van der Waals surface area contributed by atoms with Crippen molar-refractivity contribution in [1.82, 2.24) is 9.88 Å². The van der Waals surface area contributed by atoms with Gasteiger partial charge in [-0.25, -0.2) is 0 Å². The zero-order valence-electron chi connectivity index (χ0n) is 12.1. The second-order valence-electron chi connectivity index (χ2n) is 5.87. The van der Waals surface area contributed by atoms with Crippen LogP contribution < -0.4 is 10.6 Å². The Bertz CT molecular complexity index is 736. The van der Waals surface area contributed by atoms with Crippen molar-refractivity contribution in [1.29, 1.82) is 0 Å². The molecule has 0 spiro atoms. The molecule has 0 bridgehead atoms. The van der Waals surface area contributed by atoms with Crippen LogP contribution in [-0.2, 0) is 9.59 Å². The lowest BCUT2D eigenvalue weighted by molar-refractivity contribution is -0.126. The van der Waals surface area contributed by atoms with E-state index in [-0.39, 0.29) is 23.7 Å². The number of benzene rings is 1. The first kappa shape index (κ1) is 13.1. The highest BCUT2D eigenvalue weighted by molar-refractivity contribution is 6.04. The summed E-state index contributed by atoms with van der Waals surface area (Å²) in [5, 5.41) is 5.86. The van der Waals surface area contributed by atoms with Crippen molar-refractivity contribution in [2.24, 2.45) is 5.92 Å². The van der Waals surface area contributed by atoms with Crippen molar-refractivity contribution >= 4 is 17.6 Å². The first-order chi connectivity index (χ1) is 10.7. The van der Waals surface area contributed by atoms with E-state index in [1.54, 1.807) is 0 Å². The van der Waals surface area contributed by atoms with Crippen LogP contribution in [0.5, 0.6) is 0 Å². The quantitative estimate of drug-likeness (QED) is 0.833. The van der Waals surface area contributed by atoms with Crippen LogP contribution in [0.3, 0.4) is 0 Å². The Morgan fingerprint density at radius 1 is 1.05 bits per heavy atom. The first-order valence-electron chi connectivity index (χ1n) is 7.58. The topological polar surface area (TPSA) is 63.1 Å². The Kier molecular flexibility index (Phi) is 2.99. The van der Waals surface area contributed by atoms with E-state index >= 15 is 0 Å². The van der Waals surface area contributed by atoms with Crippen LogP contribution >= 0.6 is 0 Å². The maximum Gasteiger partial charge on any atom is 0.230 e. The molecule has 1 fully saturated rings. The third kappa shape index (κ3) is 2.01. The van der Waals surface area contributed by atoms with Gasteiger partial charge in [-0.2, -0.15) is 0 Å². The van der Waals surface area contributed by atoms with Crippen molar-refractivity contribution in [2.45, 2.75) is 18.8 Å². The SMILES string of the molecule is O=C1CC(C2CCNc3c2ccn3-c2ccccc2)C(=O)N1. The first-order valence-corrected chi connectivity index (χ1v) is 7.58. The summed E-state index contributed by atoms with van der Waals surface area (Å²) in [5.41, 5.74) is 2.22. The summed E-state index contributed by atoms with van der Waals surface area (Å²) in [6.07, 6.45) is 3.20. The fourth-order valence-electron chi connectivity index (χ4n) is 3.56. The van der Waals surface area contributed by atoms with E-state index in [0.29, 0.717) is 6.42 Å². The standard InChI is InChI=1S/C17H17N3O2/c21-15-10-14(17(22)19-15)12-6-8-18-16-13(12)7-9-20(16)11-4-2-1-3-5-11/h1-5,7,9,12,14,18H,6,8,10H2,(H,19,21,22). The summed E-state index contributed by atoms with van der Waals surface area (Å²) in [5.74, 6) is 0.620. The van der Waals surface area contributed by atoms with Gasteiger partial charge in [0.25, 0.3) is 0 Å². The van der Waals surface area contributed by atoms with Gasteiger partial charge in [0.05, 0.1) is 5.92 Å². The van der Waals surface area contributed by atoms with Crippen LogP contribution in [0.15, 0.2) is 42.6 Å². The molecule has 0 radical (unpaired) electrons. The van der Waals surface area contributed by atoms with Crippen LogP contribution in [0.2, 0.25) is 0 Å². The average molecular weight is 295 g/mol. The lowest BCUT2D eigenvalue weighted by Crippen LogP contribution is -2.29. The fourth-order valence-corrected chi connectivity index (χ4v) is 3.56. The van der Waals surface area contributed by atoms with Crippen molar-refractivity contribution in [3.8, 4) is 5.69 Å². The molecule has 5 nitrogen and oxygen atoms in total. The van der Waals surface area contributed by atoms with E-state index in [1.165, 1.54) is 0 Å². The Hall–Kier alpha value is -2.56. The molecule has 1 aromatic heterocycles. The number of anilines is 1. The Labute approximate surface area is 128 Å². The zero-order chi connectivity index (χ0) is 15.1. The van der Waals surface area contributed by atoms with Crippen molar-refractivity contribution in [2.75, 3.05) is 11.9 Å². The molecule has 2 N–H and O–H groups in total. The van der Waals surface area contributed by atoms with E-state index in [1.807, 2.05) is 24.4 Å². The van der Waals surface area contributed by atoms with Gasteiger partial charge in [-0.15, -0.1) is 0 Å². The monoisotopic (exact) mass is 295 g/mol. The van der Waals surface area contributed by atoms with Gasteiger partial charge in [0, 0.05) is 30.8 Å². The van der Waals surface area contributed by atoms with E-state index in [0.717, 1.165) is 30.0 Å². The van der Waals surface area contributed by atoms with Crippen molar-refractivity contribution in [3.63, 3.8) is 0 Å². The van der Waals surface area contributed by atoms with Crippen molar-refractivity contribution < 1.29 is 9.59 Å². The molecule has 2 atom stereocenters. The number of carbonyl (C=O) groups is 2. The fraction of sp³-hybridized carbons (Fsp3) is 0.294. The van der Waals surface area contributed by atoms with Gasteiger partial charge in [0.1, 0.15) is 5.82 Å². The lowest BCUT2D eigenvalue weighted by atomic mass is 9.81. The minimum absolute atomic E-state index is 0.104. The van der Waals surface area contributed by atoms with Crippen LogP contribution in [0.25, 0.3) is 5.69 Å². The number of rotatable bonds is 2. The van der Waals surface area contributed by atoms with Crippen LogP contribution in [-0.4, -0.2) is 22.9 Å². The molecule has 0 saturated carbocycles. The molecule has 2 unspecified atom stereocenters. The minimum atomic E-state index is -0.236. The zero-order valence-corrected chi connectivity index (χ0v) is 12.1. The minimum Gasteiger partial charge on any atom is -0.371 e. The largest absolute Gasteiger partial charge is 0.371 e. The molecule has 5 heteroatoms. The molecule has 1 aromatic carbocycles. The summed E-state index contributed by atoms with van der Waals surface area (Å²) in [6, 6.07) is 12.2. The number of nitrogens with one attached hydrogen (secondary N) is 2. The average Bonchev–Trinajstić information content (AvgIpc) is 3.11. The molecule has 22 heavy (non-hydrogen) atoms. The number of amides is 2. The summed E-state index contributed by atoms with van der Waals surface area (Å²) >= 11 is 0. The molecular formula is C17H17N3O2. The predicted molar refractivity (Wildman–Crippen MR) is 82.9 cm³/mol. The van der Waals surface area contributed by atoms with Crippen LogP contribution in [0.4, 0.5) is 5.82 Å². The van der Waals surface area contributed by atoms with E-state index < -0.39 is 0 Å². The number of para-hydroxylation sites is 1. The number of nitrogens with zero attached hydrogens (tertiary/aromatic N) is 1. The summed E-state index contributed by atoms with van der Waals surface area (Å²) in [7, 11) is 0. The summed E-state index contributed by atoms with van der Waals surface area (Å²) < 4.78 is 2.11. The van der Waals surface area contributed by atoms with E-state index in [9.17, 15) is 9.59 Å². The van der Waals surface area contributed by atoms with Gasteiger partial charge in [-0.1, -0.05) is 18.2 Å². The number of hydrogen-bond donors (Lipinski definition) is 2. The number of fused-ring (bicyclic) bond motifs is 1. The van der Waals surface area contributed by atoms with E-state index in [2.05, 4.69) is 33.4 Å². The Balaban J connectivity index is 1.73. The highest BCUT2D eigenvalue weighted by atomic mass is 16.2. The molecule has 2 amide bonds. The molecule has 4 rings (SSSR count). The molecule has 2 aromatic rings. The Morgan fingerprint density at radius 2 is 1.86 bits per heavy atom. The number of hydrogen-bond acceptors (Lipinski definition) is 3. The van der Waals surface area contributed by atoms with Crippen LogP contribution in [0.1, 0.15) is 24.3 Å².